The molecule has 2 atom stereocenters. The van der Waals surface area contributed by atoms with Crippen LogP contribution >= 0.6 is 11.8 Å². The highest BCUT2D eigenvalue weighted by molar-refractivity contribution is 7.99. The van der Waals surface area contributed by atoms with Gasteiger partial charge in [0.2, 0.25) is 5.91 Å². The fourth-order valence-corrected chi connectivity index (χ4v) is 2.83. The van der Waals surface area contributed by atoms with E-state index in [1.165, 1.54) is 12.8 Å². The lowest BCUT2D eigenvalue weighted by Gasteiger charge is -2.28. The number of carbonyl (C=O) groups is 1. The maximum absolute atomic E-state index is 11.5. The molecule has 4 heteroatoms. The Morgan fingerprint density at radius 2 is 2.27 bits per heavy atom. The molecule has 1 aliphatic carbocycles. The molecule has 15 heavy (non-hydrogen) atoms. The molecule has 0 aromatic carbocycles. The Labute approximate surface area is 96.8 Å². The molecule has 0 saturated heterocycles. The Bertz CT molecular complexity index is 199. The first-order valence-electron chi connectivity index (χ1n) is 5.79. The van der Waals surface area contributed by atoms with Gasteiger partial charge in [-0.1, -0.05) is 13.3 Å². The molecule has 2 N–H and O–H groups in total. The van der Waals surface area contributed by atoms with E-state index >= 15 is 0 Å². The van der Waals surface area contributed by atoms with Gasteiger partial charge >= 0.3 is 0 Å². The van der Waals surface area contributed by atoms with Crippen LogP contribution < -0.4 is 10.6 Å². The lowest BCUT2D eigenvalue weighted by Crippen LogP contribution is -2.43. The molecule has 0 aliphatic heterocycles. The minimum Gasteiger partial charge on any atom is -0.352 e. The molecule has 0 aromatic heterocycles. The predicted octanol–water partition coefficient (Wildman–Crippen LogP) is 1.39. The van der Waals surface area contributed by atoms with E-state index in [1.807, 2.05) is 18.7 Å². The minimum absolute atomic E-state index is 0.142. The molecular formula is C11H22N2OS. The largest absolute Gasteiger partial charge is 0.352 e. The summed E-state index contributed by atoms with van der Waals surface area (Å²) in [5.74, 6) is 0.142. The van der Waals surface area contributed by atoms with Crippen LogP contribution in [-0.4, -0.2) is 36.5 Å². The van der Waals surface area contributed by atoms with E-state index in [2.05, 4.69) is 16.9 Å². The van der Waals surface area contributed by atoms with Crippen molar-refractivity contribution in [3.05, 3.63) is 0 Å². The molecule has 0 spiro atoms. The van der Waals surface area contributed by atoms with Crippen molar-refractivity contribution in [1.82, 2.24) is 10.6 Å². The fourth-order valence-electron chi connectivity index (χ4n) is 2.01. The minimum atomic E-state index is 0.142. The van der Waals surface area contributed by atoms with Crippen LogP contribution in [0, 0.1) is 0 Å². The molecule has 1 fully saturated rings. The number of rotatable bonds is 5. The van der Waals surface area contributed by atoms with E-state index in [0.717, 1.165) is 24.6 Å². The number of hydrogen-bond acceptors (Lipinski definition) is 3. The molecule has 3 nitrogen and oxygen atoms in total. The van der Waals surface area contributed by atoms with Crippen molar-refractivity contribution in [3.8, 4) is 0 Å². The highest BCUT2D eigenvalue weighted by Crippen LogP contribution is 2.26. The van der Waals surface area contributed by atoms with Gasteiger partial charge in [0.25, 0.3) is 0 Å². The van der Waals surface area contributed by atoms with Crippen LogP contribution in [0.2, 0.25) is 0 Å². The summed E-state index contributed by atoms with van der Waals surface area (Å²) >= 11 is 1.93. The third-order valence-electron chi connectivity index (χ3n) is 2.86. The van der Waals surface area contributed by atoms with Crippen molar-refractivity contribution in [2.24, 2.45) is 0 Å². The average molecular weight is 230 g/mol. The van der Waals surface area contributed by atoms with Gasteiger partial charge in [-0.15, -0.1) is 0 Å². The monoisotopic (exact) mass is 230 g/mol. The predicted molar refractivity (Wildman–Crippen MR) is 66.2 cm³/mol. The lowest BCUT2D eigenvalue weighted by atomic mass is 9.95. The summed E-state index contributed by atoms with van der Waals surface area (Å²) in [7, 11) is 0. The first-order valence-corrected chi connectivity index (χ1v) is 7.08. The van der Waals surface area contributed by atoms with Crippen LogP contribution in [-0.2, 0) is 4.79 Å². The zero-order valence-corrected chi connectivity index (χ0v) is 10.5. The zero-order chi connectivity index (χ0) is 11.1. The van der Waals surface area contributed by atoms with E-state index in [4.69, 9.17) is 0 Å². The summed E-state index contributed by atoms with van der Waals surface area (Å²) in [5, 5.41) is 6.89. The third-order valence-corrected chi connectivity index (χ3v) is 3.95. The van der Waals surface area contributed by atoms with Gasteiger partial charge in [-0.3, -0.25) is 4.79 Å². The molecule has 1 aliphatic rings. The maximum Gasteiger partial charge on any atom is 0.234 e. The Balaban J connectivity index is 2.22. The molecule has 2 unspecified atom stereocenters. The van der Waals surface area contributed by atoms with E-state index in [0.29, 0.717) is 12.6 Å². The molecule has 1 amide bonds. The van der Waals surface area contributed by atoms with E-state index in [-0.39, 0.29) is 5.91 Å². The Morgan fingerprint density at radius 3 is 2.93 bits per heavy atom. The Kier molecular flexibility index (Phi) is 6.10. The molecule has 0 aromatic rings. The summed E-state index contributed by atoms with van der Waals surface area (Å²) in [6.07, 6.45) is 7.00. The van der Waals surface area contributed by atoms with Gasteiger partial charge in [0, 0.05) is 11.3 Å². The number of nitrogens with one attached hydrogen (secondary N) is 2. The van der Waals surface area contributed by atoms with Crippen molar-refractivity contribution in [2.45, 2.75) is 43.9 Å². The first kappa shape index (κ1) is 12.8. The number of carbonyl (C=O) groups excluding carboxylic acids is 1. The SMILES string of the molecule is CCNCC(=O)NC1CCCC(SC)C1. The molecular weight excluding hydrogens is 208 g/mol. The summed E-state index contributed by atoms with van der Waals surface area (Å²) in [6, 6.07) is 0.405. The van der Waals surface area contributed by atoms with Gasteiger partial charge in [-0.2, -0.15) is 11.8 Å². The standard InChI is InChI=1S/C11H22N2OS/c1-3-12-8-11(14)13-9-5-4-6-10(7-9)15-2/h9-10,12H,3-8H2,1-2H3,(H,13,14). The van der Waals surface area contributed by atoms with Crippen molar-refractivity contribution < 1.29 is 4.79 Å². The third kappa shape index (κ3) is 4.89. The normalized spacial score (nSPS) is 26.3. The number of amides is 1. The van der Waals surface area contributed by atoms with Gasteiger partial charge < -0.3 is 10.6 Å². The smallest absolute Gasteiger partial charge is 0.234 e. The molecule has 0 radical (unpaired) electrons. The van der Waals surface area contributed by atoms with E-state index in [1.54, 1.807) is 0 Å². The summed E-state index contributed by atoms with van der Waals surface area (Å²) < 4.78 is 0. The van der Waals surface area contributed by atoms with Crippen LogP contribution in [0.5, 0.6) is 0 Å². The van der Waals surface area contributed by atoms with E-state index < -0.39 is 0 Å². The van der Waals surface area contributed by atoms with Crippen molar-refractivity contribution in [3.63, 3.8) is 0 Å². The highest BCUT2D eigenvalue weighted by atomic mass is 32.2. The number of thioether (sulfide) groups is 1. The average Bonchev–Trinajstić information content (AvgIpc) is 2.26. The van der Waals surface area contributed by atoms with Gasteiger partial charge in [-0.05, 0) is 32.1 Å². The summed E-state index contributed by atoms with van der Waals surface area (Å²) in [5.41, 5.74) is 0. The van der Waals surface area contributed by atoms with Gasteiger partial charge in [0.15, 0.2) is 0 Å². The fraction of sp³-hybridized carbons (Fsp3) is 0.909. The number of likely N-dealkylation sites (N-methyl/N-ethyl adjacent to an activating group) is 1. The van der Waals surface area contributed by atoms with Gasteiger partial charge in [0.05, 0.1) is 6.54 Å². The number of hydrogen-bond donors (Lipinski definition) is 2. The topological polar surface area (TPSA) is 41.1 Å². The zero-order valence-electron chi connectivity index (χ0n) is 9.71. The van der Waals surface area contributed by atoms with Crippen LogP contribution in [0.25, 0.3) is 0 Å². The van der Waals surface area contributed by atoms with Crippen LogP contribution in [0.3, 0.4) is 0 Å². The van der Waals surface area contributed by atoms with Crippen molar-refractivity contribution >= 4 is 17.7 Å². The first-order chi connectivity index (χ1) is 7.26. The summed E-state index contributed by atoms with van der Waals surface area (Å²) in [6.45, 7) is 3.32. The molecule has 88 valence electrons. The molecule has 1 saturated carbocycles. The maximum atomic E-state index is 11.5. The Morgan fingerprint density at radius 1 is 1.47 bits per heavy atom. The van der Waals surface area contributed by atoms with E-state index in [9.17, 15) is 4.79 Å². The highest BCUT2D eigenvalue weighted by Gasteiger charge is 2.22. The van der Waals surface area contributed by atoms with Crippen LogP contribution in [0.15, 0.2) is 0 Å². The second-order valence-corrected chi connectivity index (χ2v) is 5.21. The Hall–Kier alpha value is -0.220. The van der Waals surface area contributed by atoms with Crippen LogP contribution in [0.1, 0.15) is 32.6 Å². The lowest BCUT2D eigenvalue weighted by molar-refractivity contribution is -0.121. The quantitative estimate of drug-likeness (QED) is 0.750. The van der Waals surface area contributed by atoms with Gasteiger partial charge in [-0.25, -0.2) is 0 Å². The summed E-state index contributed by atoms with van der Waals surface area (Å²) in [4.78, 5) is 11.5. The molecule has 1 rings (SSSR count). The van der Waals surface area contributed by atoms with Crippen molar-refractivity contribution in [1.29, 1.82) is 0 Å². The second kappa shape index (κ2) is 7.12. The molecule has 0 bridgehead atoms. The molecule has 0 heterocycles. The van der Waals surface area contributed by atoms with Gasteiger partial charge in [0.1, 0.15) is 0 Å². The van der Waals surface area contributed by atoms with Crippen molar-refractivity contribution in [2.75, 3.05) is 19.3 Å². The van der Waals surface area contributed by atoms with Crippen LogP contribution in [0.4, 0.5) is 0 Å². The second-order valence-electron chi connectivity index (χ2n) is 4.07.